The fourth-order valence-electron chi connectivity index (χ4n) is 1.75. The molecule has 1 aromatic carbocycles. The summed E-state index contributed by atoms with van der Waals surface area (Å²) in [6.07, 6.45) is 3.39. The van der Waals surface area contributed by atoms with Gasteiger partial charge in [-0.15, -0.1) is 0 Å². The predicted molar refractivity (Wildman–Crippen MR) is 71.4 cm³/mol. The summed E-state index contributed by atoms with van der Waals surface area (Å²) < 4.78 is 21.2. The van der Waals surface area contributed by atoms with Gasteiger partial charge in [0.15, 0.2) is 11.6 Å². The van der Waals surface area contributed by atoms with Gasteiger partial charge in [0, 0.05) is 13.1 Å². The molecule has 0 fully saturated rings. The maximum absolute atomic E-state index is 13.9. The lowest BCUT2D eigenvalue weighted by molar-refractivity contribution is 0.282. The van der Waals surface area contributed by atoms with Crippen LogP contribution in [0.2, 0.25) is 0 Å². The van der Waals surface area contributed by atoms with Gasteiger partial charge in [0.1, 0.15) is 6.61 Å². The maximum Gasteiger partial charge on any atom is 0.165 e. The second kappa shape index (κ2) is 5.84. The van der Waals surface area contributed by atoms with Gasteiger partial charge in [-0.1, -0.05) is 6.07 Å². The number of aryl methyl sites for hydroxylation is 1. The van der Waals surface area contributed by atoms with Crippen molar-refractivity contribution in [2.45, 2.75) is 19.6 Å². The zero-order chi connectivity index (χ0) is 13.8. The molecular weight excluding hydrogens is 245 g/mol. The highest BCUT2D eigenvalue weighted by Crippen LogP contribution is 2.22. The van der Waals surface area contributed by atoms with Crippen LogP contribution in [-0.2, 0) is 13.7 Å². The van der Waals surface area contributed by atoms with E-state index in [9.17, 15) is 4.39 Å². The number of hydrogen-bond donors (Lipinski definition) is 1. The van der Waals surface area contributed by atoms with E-state index < -0.39 is 0 Å². The Balaban J connectivity index is 2.07. The third kappa shape index (κ3) is 3.12. The highest BCUT2D eigenvalue weighted by Gasteiger charge is 2.09. The average Bonchev–Trinajstić information content (AvgIpc) is 2.82. The van der Waals surface area contributed by atoms with Crippen molar-refractivity contribution >= 4 is 0 Å². The third-order valence-electron chi connectivity index (χ3n) is 3.18. The molecule has 0 spiro atoms. The summed E-state index contributed by atoms with van der Waals surface area (Å²) in [5.41, 5.74) is 1.79. The van der Waals surface area contributed by atoms with Crippen LogP contribution in [0, 0.1) is 5.82 Å². The summed E-state index contributed by atoms with van der Waals surface area (Å²) in [5.74, 6) is -0.0879. The summed E-state index contributed by atoms with van der Waals surface area (Å²) in [6, 6.07) is 5.14. The van der Waals surface area contributed by atoms with E-state index in [-0.39, 0.29) is 17.6 Å². The molecule has 19 heavy (non-hydrogen) atoms. The van der Waals surface area contributed by atoms with E-state index >= 15 is 0 Å². The quantitative estimate of drug-likeness (QED) is 0.900. The number of aromatic nitrogens is 2. The van der Waals surface area contributed by atoms with Crippen molar-refractivity contribution in [2.24, 2.45) is 7.05 Å². The van der Waals surface area contributed by atoms with Gasteiger partial charge in [-0.2, -0.15) is 0 Å². The molecule has 0 amide bonds. The lowest BCUT2D eigenvalue weighted by Gasteiger charge is -2.13. The molecule has 0 saturated carbocycles. The minimum absolute atomic E-state index is 0.112. The fourth-order valence-corrected chi connectivity index (χ4v) is 1.75. The molecule has 1 unspecified atom stereocenters. The topological polar surface area (TPSA) is 39.1 Å². The zero-order valence-corrected chi connectivity index (χ0v) is 11.4. The SMILES string of the molecule is CNC(C)c1ccc(OCc2cncn2C)c(F)c1. The largest absolute Gasteiger partial charge is 0.484 e. The molecule has 2 rings (SSSR count). The summed E-state index contributed by atoms with van der Waals surface area (Å²) in [4.78, 5) is 3.99. The molecule has 0 aliphatic rings. The number of halogens is 1. The minimum atomic E-state index is -0.346. The van der Waals surface area contributed by atoms with Crippen molar-refractivity contribution in [2.75, 3.05) is 7.05 Å². The average molecular weight is 263 g/mol. The van der Waals surface area contributed by atoms with E-state index in [0.717, 1.165) is 11.3 Å². The summed E-state index contributed by atoms with van der Waals surface area (Å²) in [6.45, 7) is 2.28. The fraction of sp³-hybridized carbons (Fsp3) is 0.357. The highest BCUT2D eigenvalue weighted by molar-refractivity contribution is 5.31. The second-order valence-electron chi connectivity index (χ2n) is 4.48. The van der Waals surface area contributed by atoms with Crippen molar-refractivity contribution in [1.29, 1.82) is 0 Å². The minimum Gasteiger partial charge on any atom is -0.484 e. The summed E-state index contributed by atoms with van der Waals surface area (Å²) in [5, 5.41) is 3.07. The Morgan fingerprint density at radius 1 is 1.47 bits per heavy atom. The molecular formula is C14H18FN3O. The van der Waals surface area contributed by atoms with Crippen molar-refractivity contribution in [3.05, 3.63) is 47.8 Å². The van der Waals surface area contributed by atoms with Crippen LogP contribution >= 0.6 is 0 Å². The van der Waals surface area contributed by atoms with Crippen LogP contribution in [0.5, 0.6) is 5.75 Å². The van der Waals surface area contributed by atoms with Crippen LogP contribution in [0.25, 0.3) is 0 Å². The highest BCUT2D eigenvalue weighted by atomic mass is 19.1. The Morgan fingerprint density at radius 2 is 2.26 bits per heavy atom. The number of nitrogens with one attached hydrogen (secondary N) is 1. The molecule has 1 heterocycles. The number of imidazole rings is 1. The molecule has 0 bridgehead atoms. The zero-order valence-electron chi connectivity index (χ0n) is 11.4. The van der Waals surface area contributed by atoms with E-state index in [0.29, 0.717) is 6.61 Å². The molecule has 1 N–H and O–H groups in total. The van der Waals surface area contributed by atoms with Gasteiger partial charge >= 0.3 is 0 Å². The van der Waals surface area contributed by atoms with Crippen LogP contribution in [0.4, 0.5) is 4.39 Å². The first-order valence-corrected chi connectivity index (χ1v) is 6.16. The number of nitrogens with zero attached hydrogens (tertiary/aromatic N) is 2. The third-order valence-corrected chi connectivity index (χ3v) is 3.18. The van der Waals surface area contributed by atoms with Gasteiger partial charge in [0.05, 0.1) is 18.2 Å². The molecule has 0 saturated heterocycles. The van der Waals surface area contributed by atoms with Gasteiger partial charge in [-0.3, -0.25) is 0 Å². The molecule has 0 aliphatic heterocycles. The number of rotatable bonds is 5. The predicted octanol–water partition coefficient (Wildman–Crippen LogP) is 2.42. The van der Waals surface area contributed by atoms with Crippen LogP contribution in [0.3, 0.4) is 0 Å². The monoisotopic (exact) mass is 263 g/mol. The van der Waals surface area contributed by atoms with Gasteiger partial charge in [0.25, 0.3) is 0 Å². The van der Waals surface area contributed by atoms with E-state index in [2.05, 4.69) is 10.3 Å². The molecule has 5 heteroatoms. The van der Waals surface area contributed by atoms with E-state index in [4.69, 9.17) is 4.74 Å². The van der Waals surface area contributed by atoms with Crippen LogP contribution in [0.15, 0.2) is 30.7 Å². The second-order valence-corrected chi connectivity index (χ2v) is 4.48. The first-order valence-electron chi connectivity index (χ1n) is 6.16. The summed E-state index contributed by atoms with van der Waals surface area (Å²) in [7, 11) is 3.72. The normalized spacial score (nSPS) is 12.4. The summed E-state index contributed by atoms with van der Waals surface area (Å²) >= 11 is 0. The van der Waals surface area contributed by atoms with E-state index in [1.807, 2.05) is 31.7 Å². The van der Waals surface area contributed by atoms with Crippen molar-refractivity contribution in [3.63, 3.8) is 0 Å². The Labute approximate surface area is 112 Å². The molecule has 102 valence electrons. The molecule has 1 atom stereocenters. The van der Waals surface area contributed by atoms with Crippen molar-refractivity contribution in [3.8, 4) is 5.75 Å². The Hall–Kier alpha value is -1.88. The van der Waals surface area contributed by atoms with Gasteiger partial charge < -0.3 is 14.6 Å². The standard InChI is InChI=1S/C14H18FN3O/c1-10(16-2)11-4-5-14(13(15)6-11)19-8-12-7-17-9-18(12)3/h4-7,9-10,16H,8H2,1-3H3. The van der Waals surface area contributed by atoms with Gasteiger partial charge in [-0.25, -0.2) is 9.37 Å². The maximum atomic E-state index is 13.9. The first kappa shape index (κ1) is 13.5. The van der Waals surface area contributed by atoms with Crippen molar-refractivity contribution in [1.82, 2.24) is 14.9 Å². The first-order chi connectivity index (χ1) is 9.11. The Kier molecular flexibility index (Phi) is 4.16. The van der Waals surface area contributed by atoms with Crippen LogP contribution in [0.1, 0.15) is 24.2 Å². The Bertz CT molecular complexity index is 553. The van der Waals surface area contributed by atoms with Crippen LogP contribution < -0.4 is 10.1 Å². The molecule has 1 aromatic heterocycles. The van der Waals surface area contributed by atoms with E-state index in [1.54, 1.807) is 18.6 Å². The Morgan fingerprint density at radius 3 is 2.84 bits per heavy atom. The number of hydrogen-bond acceptors (Lipinski definition) is 3. The number of ether oxygens (including phenoxy) is 1. The number of benzene rings is 1. The lowest BCUT2D eigenvalue weighted by Crippen LogP contribution is -2.12. The molecule has 2 aromatic rings. The van der Waals surface area contributed by atoms with E-state index in [1.165, 1.54) is 6.07 Å². The molecule has 0 radical (unpaired) electrons. The van der Waals surface area contributed by atoms with Gasteiger partial charge in [0.2, 0.25) is 0 Å². The smallest absolute Gasteiger partial charge is 0.165 e. The lowest BCUT2D eigenvalue weighted by atomic mass is 10.1. The molecule has 4 nitrogen and oxygen atoms in total. The van der Waals surface area contributed by atoms with Gasteiger partial charge in [-0.05, 0) is 31.7 Å². The van der Waals surface area contributed by atoms with Crippen LogP contribution in [-0.4, -0.2) is 16.6 Å². The molecule has 0 aliphatic carbocycles. The van der Waals surface area contributed by atoms with Crippen molar-refractivity contribution < 1.29 is 9.13 Å².